The van der Waals surface area contributed by atoms with Gasteiger partial charge in [-0.3, -0.25) is 4.79 Å². The van der Waals surface area contributed by atoms with Crippen LogP contribution in [-0.2, 0) is 4.79 Å². The normalized spacial score (nSPS) is 19.9. The highest BCUT2D eigenvalue weighted by molar-refractivity contribution is 5.85. The summed E-state index contributed by atoms with van der Waals surface area (Å²) in [6, 6.07) is 4.95. The summed E-state index contributed by atoms with van der Waals surface area (Å²) in [5.41, 5.74) is 1.43. The molecule has 0 aliphatic carbocycles. The van der Waals surface area contributed by atoms with E-state index in [2.05, 4.69) is 10.6 Å². The summed E-state index contributed by atoms with van der Waals surface area (Å²) in [5.74, 6) is -0.134. The number of piperidine rings is 1. The summed E-state index contributed by atoms with van der Waals surface area (Å²) in [4.78, 5) is 12.1. The predicted octanol–water partition coefficient (Wildman–Crippen LogP) is 2.73. The topological polar surface area (TPSA) is 41.1 Å². The number of amides is 1. The van der Waals surface area contributed by atoms with Crippen molar-refractivity contribution in [3.63, 3.8) is 0 Å². The smallest absolute Gasteiger partial charge is 0.224 e. The first-order valence-electron chi connectivity index (χ1n) is 6.85. The van der Waals surface area contributed by atoms with Crippen LogP contribution < -0.4 is 10.6 Å². The van der Waals surface area contributed by atoms with Gasteiger partial charge in [0.05, 0.1) is 12.0 Å². The lowest BCUT2D eigenvalue weighted by atomic mass is 9.97. The minimum absolute atomic E-state index is 0. The molecule has 20 heavy (non-hydrogen) atoms. The fourth-order valence-corrected chi connectivity index (χ4v) is 2.37. The predicted molar refractivity (Wildman–Crippen MR) is 80.5 cm³/mol. The molecule has 0 radical (unpaired) electrons. The molecule has 1 amide bonds. The molecule has 1 heterocycles. The zero-order valence-electron chi connectivity index (χ0n) is 11.9. The van der Waals surface area contributed by atoms with E-state index < -0.39 is 0 Å². The number of halogens is 2. The Kier molecular flexibility index (Phi) is 6.43. The van der Waals surface area contributed by atoms with Crippen molar-refractivity contribution in [2.45, 2.75) is 32.7 Å². The molecule has 2 atom stereocenters. The molecule has 112 valence electrons. The minimum atomic E-state index is -0.224. The van der Waals surface area contributed by atoms with Gasteiger partial charge in [-0.2, -0.15) is 0 Å². The van der Waals surface area contributed by atoms with Crippen LogP contribution in [0.25, 0.3) is 0 Å². The van der Waals surface area contributed by atoms with Gasteiger partial charge >= 0.3 is 0 Å². The molecule has 0 spiro atoms. The van der Waals surface area contributed by atoms with Crippen LogP contribution >= 0.6 is 12.4 Å². The van der Waals surface area contributed by atoms with E-state index in [4.69, 9.17) is 0 Å². The Balaban J connectivity index is 0.00000200. The Labute approximate surface area is 125 Å². The fraction of sp³-hybridized carbons (Fsp3) is 0.533. The molecular weight excluding hydrogens is 279 g/mol. The van der Waals surface area contributed by atoms with Gasteiger partial charge in [0.1, 0.15) is 5.82 Å². The van der Waals surface area contributed by atoms with Gasteiger partial charge < -0.3 is 10.6 Å². The second-order valence-electron chi connectivity index (χ2n) is 5.28. The van der Waals surface area contributed by atoms with E-state index in [1.54, 1.807) is 13.0 Å². The summed E-state index contributed by atoms with van der Waals surface area (Å²) >= 11 is 0. The fourth-order valence-electron chi connectivity index (χ4n) is 2.37. The van der Waals surface area contributed by atoms with E-state index in [0.29, 0.717) is 5.56 Å². The zero-order chi connectivity index (χ0) is 13.8. The summed E-state index contributed by atoms with van der Waals surface area (Å²) in [6.45, 7) is 5.34. The molecule has 1 aliphatic heterocycles. The number of hydrogen-bond donors (Lipinski definition) is 2. The van der Waals surface area contributed by atoms with Gasteiger partial charge in [0.25, 0.3) is 0 Å². The van der Waals surface area contributed by atoms with E-state index in [1.807, 2.05) is 13.0 Å². The van der Waals surface area contributed by atoms with Gasteiger partial charge in [-0.05, 0) is 50.4 Å². The van der Waals surface area contributed by atoms with Crippen molar-refractivity contribution in [2.24, 2.45) is 5.92 Å². The van der Waals surface area contributed by atoms with Crippen molar-refractivity contribution < 1.29 is 9.18 Å². The van der Waals surface area contributed by atoms with Crippen molar-refractivity contribution in [1.82, 2.24) is 10.6 Å². The molecule has 5 heteroatoms. The largest absolute Gasteiger partial charge is 0.349 e. The Morgan fingerprint density at radius 1 is 1.50 bits per heavy atom. The number of aryl methyl sites for hydroxylation is 1. The third-order valence-electron chi connectivity index (χ3n) is 3.72. The van der Waals surface area contributed by atoms with Crippen molar-refractivity contribution >= 4 is 18.3 Å². The first kappa shape index (κ1) is 16.9. The second kappa shape index (κ2) is 7.60. The monoisotopic (exact) mass is 300 g/mol. The molecule has 0 bridgehead atoms. The van der Waals surface area contributed by atoms with Crippen LogP contribution in [0, 0.1) is 18.7 Å². The van der Waals surface area contributed by atoms with E-state index in [1.165, 1.54) is 6.07 Å². The molecule has 2 N–H and O–H groups in total. The summed E-state index contributed by atoms with van der Waals surface area (Å²) in [6.07, 6.45) is 1.96. The van der Waals surface area contributed by atoms with Gasteiger partial charge in [0, 0.05) is 6.54 Å². The lowest BCUT2D eigenvalue weighted by Crippen LogP contribution is -2.41. The summed E-state index contributed by atoms with van der Waals surface area (Å²) < 4.78 is 13.5. The molecule has 1 fully saturated rings. The average molecular weight is 301 g/mol. The Bertz CT molecular complexity index is 461. The molecule has 1 unspecified atom stereocenters. The highest BCUT2D eigenvalue weighted by Gasteiger charge is 2.22. The molecule has 1 saturated heterocycles. The average Bonchev–Trinajstić information content (AvgIpc) is 2.42. The Morgan fingerprint density at radius 2 is 2.25 bits per heavy atom. The van der Waals surface area contributed by atoms with Crippen molar-refractivity contribution in [3.8, 4) is 0 Å². The van der Waals surface area contributed by atoms with E-state index in [0.717, 1.165) is 31.5 Å². The minimum Gasteiger partial charge on any atom is -0.349 e. The van der Waals surface area contributed by atoms with Crippen molar-refractivity contribution in [1.29, 1.82) is 0 Å². The third kappa shape index (κ3) is 4.18. The van der Waals surface area contributed by atoms with Crippen LogP contribution in [0.2, 0.25) is 0 Å². The molecule has 1 aromatic rings. The third-order valence-corrected chi connectivity index (χ3v) is 3.72. The van der Waals surface area contributed by atoms with Gasteiger partial charge in [0.15, 0.2) is 0 Å². The van der Waals surface area contributed by atoms with Crippen molar-refractivity contribution in [2.75, 3.05) is 13.1 Å². The quantitative estimate of drug-likeness (QED) is 0.901. The van der Waals surface area contributed by atoms with Crippen LogP contribution in [0.4, 0.5) is 4.39 Å². The molecule has 1 aliphatic rings. The van der Waals surface area contributed by atoms with Crippen LogP contribution in [0.3, 0.4) is 0 Å². The number of carbonyl (C=O) groups excluding carboxylic acids is 1. The molecule has 0 aromatic heterocycles. The van der Waals surface area contributed by atoms with E-state index >= 15 is 0 Å². The first-order chi connectivity index (χ1) is 9.08. The van der Waals surface area contributed by atoms with Gasteiger partial charge in [0.2, 0.25) is 5.91 Å². The lowest BCUT2D eigenvalue weighted by molar-refractivity contribution is -0.126. The van der Waals surface area contributed by atoms with Gasteiger partial charge in [-0.15, -0.1) is 12.4 Å². The lowest BCUT2D eigenvalue weighted by Gasteiger charge is -2.24. The van der Waals surface area contributed by atoms with Crippen LogP contribution in [0.15, 0.2) is 18.2 Å². The van der Waals surface area contributed by atoms with Gasteiger partial charge in [-0.1, -0.05) is 12.1 Å². The van der Waals surface area contributed by atoms with E-state index in [-0.39, 0.29) is 36.1 Å². The van der Waals surface area contributed by atoms with Crippen LogP contribution in [-0.4, -0.2) is 19.0 Å². The second-order valence-corrected chi connectivity index (χ2v) is 5.28. The Morgan fingerprint density at radius 3 is 2.85 bits per heavy atom. The van der Waals surface area contributed by atoms with E-state index in [9.17, 15) is 9.18 Å². The van der Waals surface area contributed by atoms with Gasteiger partial charge in [-0.25, -0.2) is 4.39 Å². The van der Waals surface area contributed by atoms with Crippen LogP contribution in [0.1, 0.15) is 36.9 Å². The molecule has 1 aromatic carbocycles. The Hall–Kier alpha value is -1.13. The molecule has 0 saturated carbocycles. The standard InChI is InChI=1S/C15H21FN2O.ClH/c1-10-5-6-12(8-14(10)16)11(2)18-15(19)13-4-3-7-17-9-13;/h5-6,8,11,13,17H,3-4,7,9H2,1-2H3,(H,18,19);1H/t11?,13-;/m1./s1. The maximum absolute atomic E-state index is 13.5. The number of nitrogens with one attached hydrogen (secondary N) is 2. The highest BCUT2D eigenvalue weighted by atomic mass is 35.5. The maximum atomic E-state index is 13.5. The summed E-state index contributed by atoms with van der Waals surface area (Å²) in [7, 11) is 0. The van der Waals surface area contributed by atoms with Crippen molar-refractivity contribution in [3.05, 3.63) is 35.1 Å². The number of rotatable bonds is 3. The SMILES string of the molecule is Cc1ccc(C(C)NC(=O)[C@@H]2CCCNC2)cc1F.Cl. The number of carbonyl (C=O) groups is 1. The zero-order valence-corrected chi connectivity index (χ0v) is 12.7. The first-order valence-corrected chi connectivity index (χ1v) is 6.85. The molecule has 3 nitrogen and oxygen atoms in total. The summed E-state index contributed by atoms with van der Waals surface area (Å²) in [5, 5.41) is 6.19. The highest BCUT2D eigenvalue weighted by Crippen LogP contribution is 2.18. The van der Waals surface area contributed by atoms with Crippen LogP contribution in [0.5, 0.6) is 0 Å². The maximum Gasteiger partial charge on any atom is 0.224 e. The molecular formula is C15H22ClFN2O. The number of benzene rings is 1. The number of hydrogen-bond acceptors (Lipinski definition) is 2. The molecule has 2 rings (SSSR count).